The van der Waals surface area contributed by atoms with E-state index in [4.69, 9.17) is 5.11 Å². The molecule has 0 aromatic carbocycles. The number of hydrogen-bond acceptors (Lipinski definition) is 5. The molecule has 1 atom stereocenters. The van der Waals surface area contributed by atoms with Gasteiger partial charge in [-0.25, -0.2) is 0 Å². The number of carbonyl (C=O) groups excluding carboxylic acids is 2. The van der Waals surface area contributed by atoms with Crippen LogP contribution in [0.2, 0.25) is 0 Å². The first-order valence-corrected chi connectivity index (χ1v) is 5.05. The van der Waals surface area contributed by atoms with Crippen molar-refractivity contribution in [2.45, 2.75) is 32.8 Å². The van der Waals surface area contributed by atoms with Crippen LogP contribution >= 0.6 is 0 Å². The van der Waals surface area contributed by atoms with Gasteiger partial charge in [0, 0.05) is 19.1 Å². The minimum absolute atomic E-state index is 0. The van der Waals surface area contributed by atoms with Gasteiger partial charge in [0.15, 0.2) is 0 Å². The maximum absolute atomic E-state index is 11.5. The van der Waals surface area contributed by atoms with Gasteiger partial charge in [0.05, 0.1) is 0 Å². The molecule has 17 heavy (non-hydrogen) atoms. The van der Waals surface area contributed by atoms with Crippen LogP contribution in [0, 0.1) is 5.41 Å². The molecule has 0 saturated heterocycles. The number of rotatable bonds is 7. The number of carbonyl (C=O) groups is 2. The van der Waals surface area contributed by atoms with Crippen LogP contribution in [-0.2, 0) is 9.59 Å². The predicted octanol–water partition coefficient (Wildman–Crippen LogP) is -3.00. The molecule has 0 aliphatic heterocycles. The van der Waals surface area contributed by atoms with Crippen molar-refractivity contribution < 1.29 is 24.9 Å². The van der Waals surface area contributed by atoms with Crippen molar-refractivity contribution in [3.63, 3.8) is 0 Å². The van der Waals surface area contributed by atoms with Gasteiger partial charge in [-0.2, -0.15) is 0 Å². The Morgan fingerprint density at radius 3 is 2.35 bits per heavy atom. The van der Waals surface area contributed by atoms with Gasteiger partial charge in [-0.05, 0) is 24.4 Å². The van der Waals surface area contributed by atoms with Crippen LogP contribution in [0.4, 0.5) is 0 Å². The van der Waals surface area contributed by atoms with Crippen molar-refractivity contribution in [3.8, 4) is 0 Å². The van der Waals surface area contributed by atoms with Gasteiger partial charge in [-0.1, -0.05) is 13.8 Å². The van der Waals surface area contributed by atoms with Crippen molar-refractivity contribution in [3.05, 3.63) is 0 Å². The molecule has 2 N–H and O–H groups in total. The Morgan fingerprint density at radius 1 is 1.41 bits per heavy atom. The summed E-state index contributed by atoms with van der Waals surface area (Å²) < 4.78 is 0. The zero-order valence-corrected chi connectivity index (χ0v) is 12.4. The normalized spacial score (nSPS) is 12.5. The number of aliphatic carboxylic acids is 1. The van der Waals surface area contributed by atoms with E-state index in [2.05, 4.69) is 5.32 Å². The summed E-state index contributed by atoms with van der Waals surface area (Å²) >= 11 is 0. The number of aliphatic hydroxyl groups excluding tert-OH is 1. The monoisotopic (exact) mass is 271 g/mol. The van der Waals surface area contributed by atoms with E-state index in [1.807, 2.05) is 0 Å². The molecule has 6 nitrogen and oxygen atoms in total. The molecule has 0 spiro atoms. The summed E-state index contributed by atoms with van der Waals surface area (Å²) in [4.78, 5) is 21.4. The van der Waals surface area contributed by atoms with E-state index in [9.17, 15) is 19.8 Å². The number of carboxylic acids is 1. The molecule has 1 amide bonds. The molecule has 0 radical (unpaired) electrons. The summed E-state index contributed by atoms with van der Waals surface area (Å²) in [5, 5.41) is 32.8. The summed E-state index contributed by atoms with van der Waals surface area (Å²) in [7, 11) is 0. The zero-order valence-electron chi connectivity index (χ0n) is 10.2. The van der Waals surface area contributed by atoms with Gasteiger partial charge < -0.3 is 25.4 Å². The molecule has 1 unspecified atom stereocenters. The first-order valence-electron chi connectivity index (χ1n) is 5.05. The smallest absolute Gasteiger partial charge is 0.845 e. The molecular weight excluding hydrogens is 254 g/mol. The maximum Gasteiger partial charge on any atom is 2.00 e. The molecule has 0 fully saturated rings. The molecule has 0 bridgehead atoms. The fourth-order valence-electron chi connectivity index (χ4n) is 0.975. The van der Waals surface area contributed by atoms with Gasteiger partial charge in [0.25, 0.3) is 0 Å². The first-order chi connectivity index (χ1) is 7.31. The topological polar surface area (TPSA) is 113 Å². The van der Waals surface area contributed by atoms with Crippen molar-refractivity contribution in [1.29, 1.82) is 0 Å². The summed E-state index contributed by atoms with van der Waals surface area (Å²) in [6.45, 7) is 2.72. The molecule has 0 rings (SSSR count). The van der Waals surface area contributed by atoms with Crippen molar-refractivity contribution in [2.75, 3.05) is 13.2 Å². The molecule has 0 heterocycles. The van der Waals surface area contributed by atoms with E-state index >= 15 is 0 Å². The van der Waals surface area contributed by atoms with E-state index < -0.39 is 23.4 Å². The standard InChI is InChI=1S/C10H18NO5.Ca/c1-10(2,6-12)8(15)9(16)11-5-3-4-7(13)14;/h8,12H,3-6H2,1-2H3,(H,11,16)(H,13,14);/q-1;+2/p-1. The summed E-state index contributed by atoms with van der Waals surface area (Å²) in [6, 6.07) is 0. The van der Waals surface area contributed by atoms with Crippen molar-refractivity contribution in [2.24, 2.45) is 5.41 Å². The number of hydrogen-bond donors (Lipinski definition) is 2. The minimum atomic E-state index is -1.57. The predicted molar refractivity (Wildman–Crippen MR) is 57.7 cm³/mol. The number of carboxylic acid groups (broad SMARTS) is 1. The van der Waals surface area contributed by atoms with Gasteiger partial charge in [-0.15, -0.1) is 0 Å². The van der Waals surface area contributed by atoms with Crippen LogP contribution < -0.4 is 15.5 Å². The second kappa shape index (κ2) is 9.10. The number of aliphatic hydroxyl groups is 1. The third-order valence-corrected chi connectivity index (χ3v) is 2.21. The van der Waals surface area contributed by atoms with Crippen LogP contribution in [0.15, 0.2) is 0 Å². The van der Waals surface area contributed by atoms with Gasteiger partial charge in [-0.3, -0.25) is 4.79 Å². The van der Waals surface area contributed by atoms with Gasteiger partial charge in [0.1, 0.15) is 0 Å². The van der Waals surface area contributed by atoms with Crippen LogP contribution in [0.5, 0.6) is 0 Å². The maximum atomic E-state index is 11.5. The van der Waals surface area contributed by atoms with Crippen LogP contribution in [-0.4, -0.2) is 74.0 Å². The quantitative estimate of drug-likeness (QED) is 0.378. The number of amides is 1. The zero-order chi connectivity index (χ0) is 12.8. The molecule has 0 aromatic rings. The Hall–Kier alpha value is 0.120. The van der Waals surface area contributed by atoms with E-state index in [-0.39, 0.29) is 63.7 Å². The second-order valence-electron chi connectivity index (χ2n) is 4.29. The SMILES string of the molecule is CC(C)(CO)C([O-])C(=O)NCCCC(=O)[O-].[Ca+2]. The van der Waals surface area contributed by atoms with Crippen LogP contribution in [0.1, 0.15) is 26.7 Å². The van der Waals surface area contributed by atoms with Crippen LogP contribution in [0.25, 0.3) is 0 Å². The van der Waals surface area contributed by atoms with E-state index in [0.29, 0.717) is 0 Å². The van der Waals surface area contributed by atoms with E-state index in [0.717, 1.165) is 0 Å². The fraction of sp³-hybridized carbons (Fsp3) is 0.800. The Morgan fingerprint density at radius 2 is 1.94 bits per heavy atom. The molecular formula is C10H17CaNO5. The second-order valence-corrected chi connectivity index (χ2v) is 4.29. The third kappa shape index (κ3) is 7.94. The Bertz CT molecular complexity index is 257. The molecule has 94 valence electrons. The fourth-order valence-corrected chi connectivity index (χ4v) is 0.975. The molecule has 0 aliphatic rings. The Labute approximate surface area is 130 Å². The minimum Gasteiger partial charge on any atom is -0.845 e. The van der Waals surface area contributed by atoms with Gasteiger partial charge in [0.2, 0.25) is 5.91 Å². The largest absolute Gasteiger partial charge is 2.00 e. The third-order valence-electron chi connectivity index (χ3n) is 2.21. The summed E-state index contributed by atoms with van der Waals surface area (Å²) in [5.74, 6) is -1.92. The van der Waals surface area contributed by atoms with Gasteiger partial charge >= 0.3 is 37.7 Å². The van der Waals surface area contributed by atoms with E-state index in [1.165, 1.54) is 13.8 Å². The Kier molecular flexibility index (Phi) is 10.4. The summed E-state index contributed by atoms with van der Waals surface area (Å²) in [6.07, 6.45) is -1.51. The van der Waals surface area contributed by atoms with Crippen molar-refractivity contribution in [1.82, 2.24) is 5.32 Å². The molecule has 0 aliphatic carbocycles. The number of nitrogens with one attached hydrogen (secondary N) is 1. The molecule has 7 heteroatoms. The Balaban J connectivity index is 0. The van der Waals surface area contributed by atoms with Crippen LogP contribution in [0.3, 0.4) is 0 Å². The molecule has 0 aromatic heterocycles. The molecule has 0 saturated carbocycles. The average molecular weight is 271 g/mol. The summed E-state index contributed by atoms with van der Waals surface area (Å²) in [5.41, 5.74) is -1.03. The van der Waals surface area contributed by atoms with E-state index in [1.54, 1.807) is 0 Å². The first kappa shape index (κ1) is 19.5. The average Bonchev–Trinajstić information content (AvgIpc) is 2.22. The van der Waals surface area contributed by atoms with Crippen molar-refractivity contribution >= 4 is 49.6 Å².